The number of nitrogens with zero attached hydrogens (tertiary/aromatic N) is 3. The molecule has 0 saturated carbocycles. The molecule has 0 aromatic heterocycles. The number of thioether (sulfide) groups is 1. The number of carbonyl (C=O) groups excluding carboxylic acids is 8. The number of phenols is 2. The number of rotatable bonds is 11. The SMILES string of the molecule is CCN1CCN(C(=O)NC(C(=O)NC2(NC=O)C(=O)N3C(C(=O)[O-])C(C)(COC(=O)c4ccc(O)c(O)c4)SC32)c2ccccc2)C(=O)C1=O.[Na+]. The van der Waals surface area contributed by atoms with E-state index in [1.807, 2.05) is 0 Å². The molecule has 264 valence electrons. The van der Waals surface area contributed by atoms with Crippen LogP contribution in [0.2, 0.25) is 0 Å². The fourth-order valence-corrected chi connectivity index (χ4v) is 7.66. The number of fused-ring (bicyclic) bond motifs is 1. The van der Waals surface area contributed by atoms with Crippen LogP contribution >= 0.6 is 11.8 Å². The minimum absolute atomic E-state index is 0. The van der Waals surface area contributed by atoms with E-state index in [4.69, 9.17) is 4.74 Å². The number of nitrogens with one attached hydrogen (secondary N) is 3. The third kappa shape index (κ3) is 7.06. The first-order valence-corrected chi connectivity index (χ1v) is 16.0. The van der Waals surface area contributed by atoms with E-state index in [0.29, 0.717) is 4.90 Å². The number of carboxylic acids is 1. The first kappa shape index (κ1) is 38.9. The molecule has 3 aliphatic heterocycles. The van der Waals surface area contributed by atoms with E-state index >= 15 is 0 Å². The number of esters is 1. The van der Waals surface area contributed by atoms with Crippen LogP contribution in [0, 0.1) is 0 Å². The van der Waals surface area contributed by atoms with Crippen molar-refractivity contribution >= 4 is 59.8 Å². The Balaban J connectivity index is 0.00000583. The molecule has 0 aliphatic carbocycles. The number of carboxylic acid groups (broad SMARTS) is 1. The van der Waals surface area contributed by atoms with E-state index in [0.717, 1.165) is 34.9 Å². The van der Waals surface area contributed by atoms with E-state index < -0.39 is 87.6 Å². The van der Waals surface area contributed by atoms with Gasteiger partial charge in [0.1, 0.15) is 18.0 Å². The molecular weight excluding hydrogens is 703 g/mol. The standard InChI is InChI=1S/C31H32N6O12S.Na/c1-3-35-11-12-36(24(43)23(35)42)29(48)33-20(16-7-5-4-6-8-16)22(41)34-31(32-15-38)27(47)37-21(25(44)45)30(2,50-28(31)37)14-49-26(46)17-9-10-18(39)19(40)13-17;/h4-10,13,15,20-21,28,39-40H,3,11-12,14H2,1-2H3,(H,32,38)(H,33,48)(H,34,41)(H,44,45);/q;+1/p-1. The zero-order chi connectivity index (χ0) is 36.5. The molecule has 0 radical (unpaired) electrons. The molecule has 5 rings (SSSR count). The Morgan fingerprint density at radius 3 is 2.35 bits per heavy atom. The third-order valence-electron chi connectivity index (χ3n) is 8.56. The number of likely N-dealkylation sites (N-methyl/N-ethyl adjacent to an activating group) is 1. The molecule has 5 unspecified atom stereocenters. The van der Waals surface area contributed by atoms with Crippen molar-refractivity contribution in [2.24, 2.45) is 0 Å². The molecule has 5 N–H and O–H groups in total. The maximum absolute atomic E-state index is 13.9. The van der Waals surface area contributed by atoms with Crippen molar-refractivity contribution in [3.8, 4) is 11.5 Å². The molecule has 0 spiro atoms. The van der Waals surface area contributed by atoms with Crippen LogP contribution in [0.4, 0.5) is 4.79 Å². The molecule has 51 heavy (non-hydrogen) atoms. The average molecular weight is 735 g/mol. The molecule has 3 aliphatic rings. The molecular formula is C31H31N6NaO12S. The monoisotopic (exact) mass is 734 g/mol. The van der Waals surface area contributed by atoms with Crippen LogP contribution in [0.15, 0.2) is 48.5 Å². The maximum Gasteiger partial charge on any atom is 1.00 e. The summed E-state index contributed by atoms with van der Waals surface area (Å²) in [6.45, 7) is 2.56. The molecule has 20 heteroatoms. The van der Waals surface area contributed by atoms with E-state index in [-0.39, 0.29) is 66.7 Å². The maximum atomic E-state index is 13.9. The molecule has 7 amide bonds. The number of carbonyl (C=O) groups is 8. The Morgan fingerprint density at radius 2 is 1.75 bits per heavy atom. The van der Waals surface area contributed by atoms with Crippen LogP contribution in [0.5, 0.6) is 11.5 Å². The number of aliphatic carboxylic acids is 1. The summed E-state index contributed by atoms with van der Waals surface area (Å²) < 4.78 is 3.72. The molecule has 2 aromatic carbocycles. The van der Waals surface area contributed by atoms with Gasteiger partial charge in [0.15, 0.2) is 11.5 Å². The molecule has 0 bridgehead atoms. The van der Waals surface area contributed by atoms with Crippen molar-refractivity contribution in [2.45, 2.75) is 41.7 Å². The Bertz CT molecular complexity index is 1780. The van der Waals surface area contributed by atoms with Crippen LogP contribution < -0.4 is 50.6 Å². The molecule has 5 atom stereocenters. The van der Waals surface area contributed by atoms with Gasteiger partial charge in [-0.25, -0.2) is 9.59 Å². The fraction of sp³-hybridized carbons (Fsp3) is 0.355. The number of phenolic OH excluding ortho intramolecular Hbond substituents is 2. The number of piperazine rings is 1. The predicted octanol–water partition coefficient (Wildman–Crippen LogP) is -5.25. The van der Waals surface area contributed by atoms with Crippen molar-refractivity contribution in [1.29, 1.82) is 0 Å². The number of ether oxygens (including phenoxy) is 1. The van der Waals surface area contributed by atoms with Gasteiger partial charge in [-0.3, -0.25) is 28.9 Å². The number of β-lactam (4-membered cyclic amide) rings is 1. The summed E-state index contributed by atoms with van der Waals surface area (Å²) >= 11 is 0.781. The van der Waals surface area contributed by atoms with Gasteiger partial charge in [-0.2, -0.15) is 0 Å². The number of hydrogen-bond acceptors (Lipinski definition) is 13. The Kier molecular flexibility index (Phi) is 11.6. The average Bonchev–Trinajstić information content (AvgIpc) is 3.39. The van der Waals surface area contributed by atoms with E-state index in [9.17, 15) is 53.7 Å². The van der Waals surface area contributed by atoms with Crippen molar-refractivity contribution in [3.05, 3.63) is 59.7 Å². The summed E-state index contributed by atoms with van der Waals surface area (Å²) in [4.78, 5) is 106. The topological polar surface area (TPSA) is 255 Å². The van der Waals surface area contributed by atoms with Crippen LogP contribution in [0.1, 0.15) is 35.8 Å². The second kappa shape index (κ2) is 15.2. The molecule has 3 fully saturated rings. The van der Waals surface area contributed by atoms with Crippen molar-refractivity contribution in [2.75, 3.05) is 26.2 Å². The number of amides is 7. The first-order chi connectivity index (χ1) is 23.7. The molecule has 3 saturated heterocycles. The Morgan fingerprint density at radius 1 is 1.06 bits per heavy atom. The van der Waals surface area contributed by atoms with Gasteiger partial charge >= 0.3 is 53.4 Å². The number of hydrogen-bond donors (Lipinski definition) is 5. The van der Waals surface area contributed by atoms with Gasteiger partial charge in [0.05, 0.1) is 22.3 Å². The van der Waals surface area contributed by atoms with E-state index in [1.54, 1.807) is 25.1 Å². The van der Waals surface area contributed by atoms with Gasteiger partial charge < -0.3 is 50.6 Å². The molecule has 3 heterocycles. The van der Waals surface area contributed by atoms with Gasteiger partial charge in [0.2, 0.25) is 18.0 Å². The third-order valence-corrected chi connectivity index (χ3v) is 10.2. The zero-order valence-corrected chi connectivity index (χ0v) is 30.3. The molecule has 18 nitrogen and oxygen atoms in total. The van der Waals surface area contributed by atoms with Gasteiger partial charge in [0, 0.05) is 19.6 Å². The van der Waals surface area contributed by atoms with Gasteiger partial charge in [-0.15, -0.1) is 11.8 Å². The van der Waals surface area contributed by atoms with Crippen LogP contribution in [0.25, 0.3) is 0 Å². The quantitative estimate of drug-likeness (QED) is 0.0276. The predicted molar refractivity (Wildman–Crippen MR) is 167 cm³/mol. The van der Waals surface area contributed by atoms with Crippen LogP contribution in [0.3, 0.4) is 0 Å². The zero-order valence-electron chi connectivity index (χ0n) is 27.5. The number of imide groups is 1. The Hall–Kier alpha value is -4.85. The van der Waals surface area contributed by atoms with Crippen molar-refractivity contribution < 1.29 is 88.0 Å². The first-order valence-electron chi connectivity index (χ1n) is 15.1. The second-order valence-electron chi connectivity index (χ2n) is 11.7. The molecule has 2 aromatic rings. The van der Waals surface area contributed by atoms with E-state index in [1.165, 1.54) is 24.0 Å². The van der Waals surface area contributed by atoms with Gasteiger partial charge in [0.25, 0.3) is 5.91 Å². The van der Waals surface area contributed by atoms with Gasteiger partial charge in [-0.1, -0.05) is 30.3 Å². The summed E-state index contributed by atoms with van der Waals surface area (Å²) in [6.07, 6.45) is 0.116. The Labute approximate surface area is 316 Å². The minimum atomic E-state index is -2.25. The minimum Gasteiger partial charge on any atom is -0.548 e. The fourth-order valence-electron chi connectivity index (χ4n) is 5.95. The second-order valence-corrected chi connectivity index (χ2v) is 13.3. The number of benzene rings is 2. The normalized spacial score (nSPS) is 24.4. The smallest absolute Gasteiger partial charge is 0.548 e. The van der Waals surface area contributed by atoms with Crippen molar-refractivity contribution in [3.63, 3.8) is 0 Å². The van der Waals surface area contributed by atoms with E-state index in [2.05, 4.69) is 16.0 Å². The number of aromatic hydroxyl groups is 2. The van der Waals surface area contributed by atoms with Crippen LogP contribution in [-0.2, 0) is 33.5 Å². The summed E-state index contributed by atoms with van der Waals surface area (Å²) in [6, 6.07) is 6.42. The largest absolute Gasteiger partial charge is 1.00 e. The van der Waals surface area contributed by atoms with Gasteiger partial charge in [-0.05, 0) is 37.6 Å². The summed E-state index contributed by atoms with van der Waals surface area (Å²) in [7, 11) is 0. The van der Waals surface area contributed by atoms with Crippen molar-refractivity contribution in [1.82, 2.24) is 30.7 Å². The number of urea groups is 1. The summed E-state index contributed by atoms with van der Waals surface area (Å²) in [5, 5.41) is 37.5. The van der Waals surface area contributed by atoms with Crippen LogP contribution in [-0.4, -0.2) is 121 Å². The summed E-state index contributed by atoms with van der Waals surface area (Å²) in [5.41, 5.74) is -2.23. The summed E-state index contributed by atoms with van der Waals surface area (Å²) in [5.74, 6) is -7.93.